The minimum atomic E-state index is -0.958. The van der Waals surface area contributed by atoms with E-state index in [4.69, 9.17) is 4.74 Å². The van der Waals surface area contributed by atoms with Crippen LogP contribution in [-0.2, 0) is 20.7 Å². The molecule has 2 unspecified atom stereocenters. The van der Waals surface area contributed by atoms with Crippen molar-refractivity contribution in [2.75, 3.05) is 11.9 Å². The summed E-state index contributed by atoms with van der Waals surface area (Å²) in [4.78, 5) is 43.9. The Bertz CT molecular complexity index is 1640. The van der Waals surface area contributed by atoms with Crippen LogP contribution in [0.25, 0.3) is 10.8 Å². The molecule has 0 fully saturated rings. The van der Waals surface area contributed by atoms with Crippen molar-refractivity contribution >= 4 is 34.4 Å². The maximum absolute atomic E-state index is 14.7. The van der Waals surface area contributed by atoms with Crippen molar-refractivity contribution in [2.45, 2.75) is 84.9 Å². The minimum absolute atomic E-state index is 0.245. The van der Waals surface area contributed by atoms with E-state index in [9.17, 15) is 14.4 Å². The van der Waals surface area contributed by atoms with E-state index >= 15 is 0 Å². The number of carbonyl (C=O) groups is 3. The number of hydrogen-bond acceptors (Lipinski definition) is 4. The van der Waals surface area contributed by atoms with E-state index in [1.165, 1.54) is 0 Å². The largest absolute Gasteiger partial charge is 0.444 e. The maximum atomic E-state index is 14.7. The van der Waals surface area contributed by atoms with E-state index < -0.39 is 23.8 Å². The predicted octanol–water partition coefficient (Wildman–Crippen LogP) is 8.29. The number of fused-ring (bicyclic) bond motifs is 1. The van der Waals surface area contributed by atoms with Crippen molar-refractivity contribution in [1.82, 2.24) is 10.2 Å². The summed E-state index contributed by atoms with van der Waals surface area (Å²) in [5, 5.41) is 8.04. The van der Waals surface area contributed by atoms with Crippen LogP contribution in [0.5, 0.6) is 0 Å². The lowest BCUT2D eigenvalue weighted by Crippen LogP contribution is -2.53. The van der Waals surface area contributed by atoms with Crippen LogP contribution in [0.1, 0.15) is 75.3 Å². The fourth-order valence-electron chi connectivity index (χ4n) is 5.66. The quantitative estimate of drug-likeness (QED) is 0.156. The average Bonchev–Trinajstić information content (AvgIpc) is 3.00. The Morgan fingerprint density at radius 3 is 2.20 bits per heavy atom. The maximum Gasteiger partial charge on any atom is 0.408 e. The highest BCUT2D eigenvalue weighted by molar-refractivity contribution is 6.00. The highest BCUT2D eigenvalue weighted by atomic mass is 16.6. The Labute approximate surface area is 273 Å². The van der Waals surface area contributed by atoms with Gasteiger partial charge in [0.2, 0.25) is 5.91 Å². The van der Waals surface area contributed by atoms with Crippen molar-refractivity contribution < 1.29 is 19.1 Å². The standard InChI is InChI=1S/C39H47N3O4/c1-7-8-14-23-42(37(44)34(25-29-15-10-9-11-16-29)41-38(45)46-39(4,5)6)35(33-22-19-27(2)24-28(33)3)36(43)40-32-21-20-30-17-12-13-18-31(30)26-32/h9-13,15-22,24,26,34-35H,7-8,14,23,25H2,1-6H3,(H,40,43)(H,41,45). The van der Waals surface area contributed by atoms with Crippen LogP contribution in [0.4, 0.5) is 10.5 Å². The monoisotopic (exact) mass is 621 g/mol. The van der Waals surface area contributed by atoms with Crippen LogP contribution in [0.3, 0.4) is 0 Å². The van der Waals surface area contributed by atoms with Crippen LogP contribution in [0, 0.1) is 13.8 Å². The van der Waals surface area contributed by atoms with Crippen molar-refractivity contribution in [3.63, 3.8) is 0 Å². The summed E-state index contributed by atoms with van der Waals surface area (Å²) in [6.07, 6.45) is 2.10. The zero-order valence-corrected chi connectivity index (χ0v) is 27.9. The first-order valence-electron chi connectivity index (χ1n) is 16.2. The molecule has 0 saturated heterocycles. The van der Waals surface area contributed by atoms with Gasteiger partial charge in [-0.25, -0.2) is 4.79 Å². The van der Waals surface area contributed by atoms with Gasteiger partial charge in [-0.2, -0.15) is 0 Å². The molecule has 7 heteroatoms. The van der Waals surface area contributed by atoms with Crippen LogP contribution in [0.2, 0.25) is 0 Å². The second-order valence-corrected chi connectivity index (χ2v) is 12.9. The number of amides is 3. The zero-order valence-electron chi connectivity index (χ0n) is 27.9. The number of rotatable bonds is 12. The number of nitrogens with zero attached hydrogens (tertiary/aromatic N) is 1. The first kappa shape index (κ1) is 34.2. The number of alkyl carbamates (subject to hydrolysis) is 1. The molecule has 0 aliphatic carbocycles. The third kappa shape index (κ3) is 9.43. The molecule has 2 N–H and O–H groups in total. The van der Waals surface area contributed by atoms with Crippen LogP contribution in [0.15, 0.2) is 91.0 Å². The van der Waals surface area contributed by atoms with Gasteiger partial charge in [-0.3, -0.25) is 9.59 Å². The first-order chi connectivity index (χ1) is 21.9. The van der Waals surface area contributed by atoms with E-state index in [0.29, 0.717) is 18.7 Å². The molecule has 4 rings (SSSR count). The molecule has 0 spiro atoms. The predicted molar refractivity (Wildman–Crippen MR) is 186 cm³/mol. The number of nitrogens with one attached hydrogen (secondary N) is 2. The Balaban J connectivity index is 1.77. The van der Waals surface area contributed by atoms with Gasteiger partial charge in [0.15, 0.2) is 0 Å². The van der Waals surface area contributed by atoms with E-state index in [-0.39, 0.29) is 18.2 Å². The highest BCUT2D eigenvalue weighted by Gasteiger charge is 2.37. The molecule has 46 heavy (non-hydrogen) atoms. The molecule has 0 heterocycles. The summed E-state index contributed by atoms with van der Waals surface area (Å²) >= 11 is 0. The SMILES string of the molecule is CCCCCN(C(=O)C(Cc1ccccc1)NC(=O)OC(C)(C)C)C(C(=O)Nc1ccc2ccccc2c1)c1ccc(C)cc1C. The third-order valence-electron chi connectivity index (χ3n) is 7.85. The van der Waals surface area contributed by atoms with Gasteiger partial charge in [-0.1, -0.05) is 104 Å². The molecule has 2 atom stereocenters. The van der Waals surface area contributed by atoms with Crippen molar-refractivity contribution in [2.24, 2.45) is 0 Å². The molecule has 0 radical (unpaired) electrons. The molecule has 4 aromatic carbocycles. The molecule has 0 saturated carbocycles. The number of benzene rings is 4. The lowest BCUT2D eigenvalue weighted by atomic mass is 9.95. The van der Waals surface area contributed by atoms with Gasteiger partial charge >= 0.3 is 6.09 Å². The minimum Gasteiger partial charge on any atom is -0.444 e. The van der Waals surface area contributed by atoms with Crippen LogP contribution < -0.4 is 10.6 Å². The second-order valence-electron chi connectivity index (χ2n) is 12.9. The Morgan fingerprint density at radius 1 is 0.826 bits per heavy atom. The molecular formula is C39H47N3O4. The molecule has 4 aromatic rings. The summed E-state index contributed by atoms with van der Waals surface area (Å²) in [6, 6.07) is 27.4. The Hall–Kier alpha value is -4.65. The van der Waals surface area contributed by atoms with E-state index in [0.717, 1.165) is 45.9 Å². The van der Waals surface area contributed by atoms with Crippen LogP contribution in [-0.4, -0.2) is 41.0 Å². The smallest absolute Gasteiger partial charge is 0.408 e. The Kier molecular flexibility index (Phi) is 11.6. The van der Waals surface area contributed by atoms with Gasteiger partial charge in [0.05, 0.1) is 0 Å². The number of carbonyl (C=O) groups excluding carboxylic acids is 3. The number of anilines is 1. The highest BCUT2D eigenvalue weighted by Crippen LogP contribution is 2.29. The van der Waals surface area contributed by atoms with Crippen molar-refractivity contribution in [3.8, 4) is 0 Å². The van der Waals surface area contributed by atoms with Gasteiger partial charge in [0.25, 0.3) is 5.91 Å². The van der Waals surface area contributed by atoms with E-state index in [2.05, 4.69) is 17.6 Å². The Morgan fingerprint density at radius 2 is 1.52 bits per heavy atom. The molecule has 0 aromatic heterocycles. The molecular weight excluding hydrogens is 574 g/mol. The molecule has 7 nitrogen and oxygen atoms in total. The summed E-state index contributed by atoms with van der Waals surface area (Å²) < 4.78 is 5.57. The van der Waals surface area contributed by atoms with E-state index in [1.54, 1.807) is 25.7 Å². The number of hydrogen-bond donors (Lipinski definition) is 2. The van der Waals surface area contributed by atoms with Gasteiger partial charge in [0.1, 0.15) is 17.7 Å². The normalized spacial score (nSPS) is 12.7. The van der Waals surface area contributed by atoms with Gasteiger partial charge in [-0.05, 0) is 80.6 Å². The molecule has 0 aliphatic rings. The summed E-state index contributed by atoms with van der Waals surface area (Å²) in [5.74, 6) is -0.660. The average molecular weight is 622 g/mol. The third-order valence-corrected chi connectivity index (χ3v) is 7.85. The molecule has 3 amide bonds. The first-order valence-corrected chi connectivity index (χ1v) is 16.2. The van der Waals surface area contributed by atoms with Gasteiger partial charge in [0, 0.05) is 18.7 Å². The second kappa shape index (κ2) is 15.6. The fraction of sp³-hybridized carbons (Fsp3) is 0.359. The molecule has 0 aliphatic heterocycles. The van der Waals surface area contributed by atoms with Crippen molar-refractivity contribution in [3.05, 3.63) is 113 Å². The number of aryl methyl sites for hydroxylation is 2. The topological polar surface area (TPSA) is 87.7 Å². The van der Waals surface area contributed by atoms with Crippen molar-refractivity contribution in [1.29, 1.82) is 0 Å². The number of unbranched alkanes of at least 4 members (excludes halogenated alkanes) is 2. The molecule has 0 bridgehead atoms. The summed E-state index contributed by atoms with van der Waals surface area (Å²) in [7, 11) is 0. The summed E-state index contributed by atoms with van der Waals surface area (Å²) in [6.45, 7) is 11.8. The van der Waals surface area contributed by atoms with Gasteiger partial charge < -0.3 is 20.3 Å². The summed E-state index contributed by atoms with van der Waals surface area (Å²) in [5.41, 5.74) is 3.50. The van der Waals surface area contributed by atoms with Crippen LogP contribution >= 0.6 is 0 Å². The van der Waals surface area contributed by atoms with Gasteiger partial charge in [-0.15, -0.1) is 0 Å². The lowest BCUT2D eigenvalue weighted by Gasteiger charge is -2.35. The fourth-order valence-corrected chi connectivity index (χ4v) is 5.66. The van der Waals surface area contributed by atoms with E-state index in [1.807, 2.05) is 105 Å². The molecule has 242 valence electrons. The lowest BCUT2D eigenvalue weighted by molar-refractivity contribution is -0.140. The number of ether oxygens (including phenoxy) is 1. The zero-order chi connectivity index (χ0) is 33.3.